The Labute approximate surface area is 129 Å². The van der Waals surface area contributed by atoms with Crippen LogP contribution in [0.3, 0.4) is 0 Å². The third-order valence-electron chi connectivity index (χ3n) is 4.19. The third kappa shape index (κ3) is 14.2. The van der Waals surface area contributed by atoms with Crippen LogP contribution in [0.5, 0.6) is 0 Å². The third-order valence-corrected chi connectivity index (χ3v) is 4.19. The van der Waals surface area contributed by atoms with E-state index in [1.54, 1.807) is 5.57 Å². The Morgan fingerprint density at radius 2 is 1.05 bits per heavy atom. The maximum atomic E-state index is 2.58. The summed E-state index contributed by atoms with van der Waals surface area (Å²) in [4.78, 5) is 0. The van der Waals surface area contributed by atoms with Crippen LogP contribution in [-0.4, -0.2) is 0 Å². The molecule has 0 aliphatic rings. The van der Waals surface area contributed by atoms with Gasteiger partial charge in [0.2, 0.25) is 0 Å². The highest BCUT2D eigenvalue weighted by Crippen LogP contribution is 2.18. The lowest BCUT2D eigenvalue weighted by molar-refractivity contribution is 0.607. The smallest absolute Gasteiger partial charge is 0.0320 e. The minimum Gasteiger partial charge on any atom is -0.0853 e. The molecule has 0 aromatic rings. The molecule has 0 N–H and O–H groups in total. The number of unbranched alkanes of at least 4 members (excludes halogenated alkanes) is 10. The molecule has 20 heavy (non-hydrogen) atoms. The normalized spacial score (nSPS) is 12.1. The van der Waals surface area contributed by atoms with Gasteiger partial charge in [-0.1, -0.05) is 90.2 Å². The molecule has 0 unspecified atom stereocenters. The molecular formula is C20H40. The molecule has 0 aliphatic heterocycles. The van der Waals surface area contributed by atoms with Gasteiger partial charge < -0.3 is 0 Å². The molecule has 0 bridgehead atoms. The van der Waals surface area contributed by atoms with Crippen molar-refractivity contribution in [3.05, 3.63) is 11.6 Å². The van der Waals surface area contributed by atoms with Crippen molar-refractivity contribution in [3.63, 3.8) is 0 Å². The van der Waals surface area contributed by atoms with Crippen LogP contribution in [0.1, 0.15) is 117 Å². The molecule has 0 aromatic carbocycles. The lowest BCUT2D eigenvalue weighted by atomic mass is 9.99. The van der Waals surface area contributed by atoms with Crippen LogP contribution >= 0.6 is 0 Å². The van der Waals surface area contributed by atoms with Crippen molar-refractivity contribution in [2.24, 2.45) is 0 Å². The van der Waals surface area contributed by atoms with E-state index in [4.69, 9.17) is 0 Å². The quantitative estimate of drug-likeness (QED) is 0.212. The monoisotopic (exact) mass is 280 g/mol. The van der Waals surface area contributed by atoms with Crippen molar-refractivity contribution >= 4 is 0 Å². The van der Waals surface area contributed by atoms with Crippen LogP contribution < -0.4 is 0 Å². The van der Waals surface area contributed by atoms with E-state index in [0.717, 1.165) is 0 Å². The fourth-order valence-electron chi connectivity index (χ4n) is 2.74. The SMILES string of the molecule is CCCCCCCC/C=C(/CCCC)CCCCCC. The lowest BCUT2D eigenvalue weighted by Gasteiger charge is -2.07. The average molecular weight is 281 g/mol. The van der Waals surface area contributed by atoms with Gasteiger partial charge >= 0.3 is 0 Å². The van der Waals surface area contributed by atoms with E-state index in [0.29, 0.717) is 0 Å². The van der Waals surface area contributed by atoms with Crippen molar-refractivity contribution in [2.75, 3.05) is 0 Å². The molecule has 0 nitrogen and oxygen atoms in total. The minimum absolute atomic E-state index is 1.33. The Kier molecular flexibility index (Phi) is 16.6. The number of hydrogen-bond donors (Lipinski definition) is 0. The molecule has 0 saturated heterocycles. The molecule has 0 spiro atoms. The molecule has 0 atom stereocenters. The number of allylic oxidation sites excluding steroid dienone is 2. The van der Waals surface area contributed by atoms with Gasteiger partial charge in [0.25, 0.3) is 0 Å². The van der Waals surface area contributed by atoms with Crippen LogP contribution in [0, 0.1) is 0 Å². The van der Waals surface area contributed by atoms with Gasteiger partial charge in [-0.2, -0.15) is 0 Å². The van der Waals surface area contributed by atoms with Gasteiger partial charge in [-0.15, -0.1) is 0 Å². The zero-order valence-corrected chi connectivity index (χ0v) is 14.7. The van der Waals surface area contributed by atoms with Gasteiger partial charge in [0.15, 0.2) is 0 Å². The highest BCUT2D eigenvalue weighted by atomic mass is 14.0. The first-order chi connectivity index (χ1) is 9.85. The molecule has 0 fully saturated rings. The van der Waals surface area contributed by atoms with E-state index < -0.39 is 0 Å². The number of rotatable bonds is 15. The summed E-state index contributed by atoms with van der Waals surface area (Å²) in [6, 6.07) is 0. The van der Waals surface area contributed by atoms with Crippen molar-refractivity contribution < 1.29 is 0 Å². The molecular weight excluding hydrogens is 240 g/mol. The summed E-state index contributed by atoms with van der Waals surface area (Å²) in [6.45, 7) is 6.90. The zero-order valence-electron chi connectivity index (χ0n) is 14.7. The predicted octanol–water partition coefficient (Wildman–Crippen LogP) is 7.82. The van der Waals surface area contributed by atoms with Crippen molar-refractivity contribution in [1.82, 2.24) is 0 Å². The first-order valence-electron chi connectivity index (χ1n) is 9.53. The van der Waals surface area contributed by atoms with Crippen molar-refractivity contribution in [1.29, 1.82) is 0 Å². The molecule has 0 saturated carbocycles. The summed E-state index contributed by atoms with van der Waals surface area (Å²) < 4.78 is 0. The fraction of sp³-hybridized carbons (Fsp3) is 0.900. The molecule has 0 aromatic heterocycles. The van der Waals surface area contributed by atoms with E-state index in [9.17, 15) is 0 Å². The second-order valence-corrected chi connectivity index (χ2v) is 6.33. The highest BCUT2D eigenvalue weighted by Gasteiger charge is 1.98. The second-order valence-electron chi connectivity index (χ2n) is 6.33. The maximum absolute atomic E-state index is 2.58. The topological polar surface area (TPSA) is 0 Å². The summed E-state index contributed by atoms with van der Waals surface area (Å²) >= 11 is 0. The van der Waals surface area contributed by atoms with E-state index in [1.807, 2.05) is 0 Å². The van der Waals surface area contributed by atoms with Gasteiger partial charge in [-0.25, -0.2) is 0 Å². The van der Waals surface area contributed by atoms with Crippen LogP contribution in [0.4, 0.5) is 0 Å². The summed E-state index contributed by atoms with van der Waals surface area (Å²) in [5.41, 5.74) is 1.76. The van der Waals surface area contributed by atoms with Crippen molar-refractivity contribution in [2.45, 2.75) is 117 Å². The summed E-state index contributed by atoms with van der Waals surface area (Å²) in [7, 11) is 0. The van der Waals surface area contributed by atoms with E-state index in [2.05, 4.69) is 26.8 Å². The van der Waals surface area contributed by atoms with E-state index in [-0.39, 0.29) is 0 Å². The van der Waals surface area contributed by atoms with Gasteiger partial charge in [-0.05, 0) is 38.5 Å². The predicted molar refractivity (Wildman–Crippen MR) is 94.4 cm³/mol. The lowest BCUT2D eigenvalue weighted by Crippen LogP contribution is -1.87. The molecule has 0 radical (unpaired) electrons. The largest absolute Gasteiger partial charge is 0.0853 e. The van der Waals surface area contributed by atoms with Gasteiger partial charge in [-0.3, -0.25) is 0 Å². The highest BCUT2D eigenvalue weighted by molar-refractivity contribution is 5.01. The molecule has 0 heterocycles. The Morgan fingerprint density at radius 3 is 1.70 bits per heavy atom. The zero-order chi connectivity index (χ0) is 14.9. The molecule has 0 rings (SSSR count). The Balaban J connectivity index is 3.72. The maximum Gasteiger partial charge on any atom is -0.0320 e. The van der Waals surface area contributed by atoms with E-state index >= 15 is 0 Å². The van der Waals surface area contributed by atoms with E-state index in [1.165, 1.54) is 96.3 Å². The van der Waals surface area contributed by atoms with Gasteiger partial charge in [0.1, 0.15) is 0 Å². The Bertz CT molecular complexity index is 202. The average Bonchev–Trinajstić information content (AvgIpc) is 2.47. The molecule has 0 heteroatoms. The first kappa shape index (κ1) is 19.7. The molecule has 120 valence electrons. The summed E-state index contributed by atoms with van der Waals surface area (Å²) in [5, 5.41) is 0. The number of hydrogen-bond acceptors (Lipinski definition) is 0. The second kappa shape index (κ2) is 16.8. The van der Waals surface area contributed by atoms with Gasteiger partial charge in [0, 0.05) is 0 Å². The van der Waals surface area contributed by atoms with Crippen molar-refractivity contribution in [3.8, 4) is 0 Å². The van der Waals surface area contributed by atoms with Crippen LogP contribution in [0.2, 0.25) is 0 Å². The summed E-state index contributed by atoms with van der Waals surface area (Å²) in [6.07, 6.45) is 23.5. The Morgan fingerprint density at radius 1 is 0.550 bits per heavy atom. The van der Waals surface area contributed by atoms with Crippen LogP contribution in [0.15, 0.2) is 11.6 Å². The standard InChI is InChI=1S/C20H40/c1-4-7-10-12-13-14-16-19-20(17-9-6-3)18-15-11-8-5-2/h19H,4-18H2,1-3H3/b20-19-. The first-order valence-corrected chi connectivity index (χ1v) is 9.53. The van der Waals surface area contributed by atoms with Crippen LogP contribution in [-0.2, 0) is 0 Å². The summed E-state index contributed by atoms with van der Waals surface area (Å²) in [5.74, 6) is 0. The van der Waals surface area contributed by atoms with Crippen LogP contribution in [0.25, 0.3) is 0 Å². The fourth-order valence-corrected chi connectivity index (χ4v) is 2.74. The minimum atomic E-state index is 1.33. The van der Waals surface area contributed by atoms with Gasteiger partial charge in [0.05, 0.1) is 0 Å². The Hall–Kier alpha value is -0.260. The molecule has 0 amide bonds. The molecule has 0 aliphatic carbocycles.